The van der Waals surface area contributed by atoms with Crippen LogP contribution >= 0.6 is 11.3 Å². The maximum absolute atomic E-state index is 12.5. The van der Waals surface area contributed by atoms with Crippen LogP contribution in [0.4, 0.5) is 10.7 Å². The lowest BCUT2D eigenvalue weighted by atomic mass is 10.2. The summed E-state index contributed by atoms with van der Waals surface area (Å²) >= 11 is 1.07. The maximum atomic E-state index is 12.5. The first-order valence-electron chi connectivity index (χ1n) is 10.3. The third-order valence-corrected chi connectivity index (χ3v) is 6.17. The van der Waals surface area contributed by atoms with E-state index in [4.69, 9.17) is 13.9 Å². The Morgan fingerprint density at radius 3 is 2.45 bits per heavy atom. The van der Waals surface area contributed by atoms with E-state index < -0.39 is 11.9 Å². The number of furan rings is 1. The van der Waals surface area contributed by atoms with Crippen molar-refractivity contribution in [1.82, 2.24) is 4.90 Å². The van der Waals surface area contributed by atoms with Crippen LogP contribution in [-0.2, 0) is 9.53 Å². The molecule has 1 aliphatic rings. The van der Waals surface area contributed by atoms with Gasteiger partial charge in [-0.15, -0.1) is 11.3 Å². The van der Waals surface area contributed by atoms with Gasteiger partial charge in [0.05, 0.1) is 18.4 Å². The van der Waals surface area contributed by atoms with Crippen molar-refractivity contribution in [3.8, 4) is 5.75 Å². The molecule has 2 aromatic heterocycles. The Labute approximate surface area is 194 Å². The van der Waals surface area contributed by atoms with Crippen molar-refractivity contribution >= 4 is 39.8 Å². The van der Waals surface area contributed by atoms with Gasteiger partial charge in [-0.3, -0.25) is 9.59 Å². The third-order valence-electron chi connectivity index (χ3n) is 5.19. The Morgan fingerprint density at radius 2 is 1.79 bits per heavy atom. The summed E-state index contributed by atoms with van der Waals surface area (Å²) in [6.45, 7) is 2.15. The Morgan fingerprint density at radius 1 is 1.03 bits per heavy atom. The molecule has 1 saturated heterocycles. The van der Waals surface area contributed by atoms with Crippen LogP contribution in [0.3, 0.4) is 0 Å². The molecular weight excluding hydrogens is 446 g/mol. The summed E-state index contributed by atoms with van der Waals surface area (Å²) < 4.78 is 15.4. The van der Waals surface area contributed by atoms with Gasteiger partial charge in [-0.25, -0.2) is 4.79 Å². The Bertz CT molecular complexity index is 1100. The summed E-state index contributed by atoms with van der Waals surface area (Å²) in [4.78, 5) is 41.0. The summed E-state index contributed by atoms with van der Waals surface area (Å²) in [5.41, 5.74) is 1.07. The molecule has 1 N–H and O–H groups in total. The lowest BCUT2D eigenvalue weighted by Gasteiger charge is -2.36. The SMILES string of the molecule is COc1ccc(N2CCN(C(=O)COC(=O)c3ccc(NC(=O)c4ccco4)s3)CC2)cc1. The number of esters is 1. The molecule has 9 nitrogen and oxygen atoms in total. The minimum Gasteiger partial charge on any atom is -0.497 e. The van der Waals surface area contributed by atoms with Gasteiger partial charge >= 0.3 is 5.97 Å². The second-order valence-corrected chi connectivity index (χ2v) is 8.32. The van der Waals surface area contributed by atoms with Crippen LogP contribution in [0, 0.1) is 0 Å². The lowest BCUT2D eigenvalue weighted by Crippen LogP contribution is -2.49. The van der Waals surface area contributed by atoms with Crippen LogP contribution in [0.2, 0.25) is 0 Å². The topological polar surface area (TPSA) is 101 Å². The molecule has 0 radical (unpaired) electrons. The fourth-order valence-corrected chi connectivity index (χ4v) is 4.19. The standard InChI is InChI=1S/C23H23N3O6S/c1-30-17-6-4-16(5-7-17)25-10-12-26(13-11-25)21(27)15-32-23(29)19-8-9-20(33-19)24-22(28)18-3-2-14-31-18/h2-9,14H,10-13,15H2,1H3,(H,24,28). The minimum absolute atomic E-state index is 0.171. The van der Waals surface area contributed by atoms with Crippen LogP contribution in [0.1, 0.15) is 20.2 Å². The predicted molar refractivity (Wildman–Crippen MR) is 123 cm³/mol. The van der Waals surface area contributed by atoms with E-state index in [1.54, 1.807) is 36.3 Å². The van der Waals surface area contributed by atoms with Crippen LogP contribution in [-0.4, -0.2) is 62.6 Å². The normalized spacial score (nSPS) is 13.5. The highest BCUT2D eigenvalue weighted by Gasteiger charge is 2.23. The van der Waals surface area contributed by atoms with Crippen LogP contribution in [0.5, 0.6) is 5.75 Å². The maximum Gasteiger partial charge on any atom is 0.348 e. The molecule has 0 unspecified atom stereocenters. The average Bonchev–Trinajstić information content (AvgIpc) is 3.55. The zero-order valence-electron chi connectivity index (χ0n) is 18.0. The molecule has 1 aromatic carbocycles. The Balaban J connectivity index is 1.22. The highest BCUT2D eigenvalue weighted by Crippen LogP contribution is 2.24. The molecule has 0 aliphatic carbocycles. The van der Waals surface area contributed by atoms with Crippen molar-refractivity contribution < 1.29 is 28.3 Å². The van der Waals surface area contributed by atoms with Crippen molar-refractivity contribution in [3.05, 3.63) is 65.4 Å². The molecule has 1 fully saturated rings. The Hall–Kier alpha value is -3.79. The number of rotatable bonds is 7. The monoisotopic (exact) mass is 469 g/mol. The van der Waals surface area contributed by atoms with Crippen LogP contribution < -0.4 is 15.0 Å². The number of anilines is 2. The highest BCUT2D eigenvalue weighted by molar-refractivity contribution is 7.18. The number of benzene rings is 1. The summed E-state index contributed by atoms with van der Waals surface area (Å²) in [7, 11) is 1.63. The van der Waals surface area contributed by atoms with Gasteiger partial charge in [0.15, 0.2) is 12.4 Å². The molecule has 2 amide bonds. The molecule has 0 atom stereocenters. The van der Waals surface area contributed by atoms with E-state index in [1.165, 1.54) is 6.26 Å². The van der Waals surface area contributed by atoms with Gasteiger partial charge < -0.3 is 29.0 Å². The van der Waals surface area contributed by atoms with Crippen molar-refractivity contribution in [2.45, 2.75) is 0 Å². The third kappa shape index (κ3) is 5.53. The molecule has 4 rings (SSSR count). The van der Waals surface area contributed by atoms with Crippen molar-refractivity contribution in [3.63, 3.8) is 0 Å². The minimum atomic E-state index is -0.608. The zero-order valence-corrected chi connectivity index (χ0v) is 18.8. The molecular formula is C23H23N3O6S. The number of hydrogen-bond donors (Lipinski definition) is 1. The van der Waals surface area contributed by atoms with Gasteiger partial charge in [-0.1, -0.05) is 0 Å². The molecule has 172 valence electrons. The summed E-state index contributed by atoms with van der Waals surface area (Å²) in [6, 6.07) is 14.1. The first-order valence-corrected chi connectivity index (χ1v) is 11.1. The predicted octanol–water partition coefficient (Wildman–Crippen LogP) is 3.11. The van der Waals surface area contributed by atoms with E-state index in [2.05, 4.69) is 10.2 Å². The fraction of sp³-hybridized carbons (Fsp3) is 0.261. The number of nitrogens with one attached hydrogen (secondary N) is 1. The number of carbonyl (C=O) groups excluding carboxylic acids is 3. The van der Waals surface area contributed by atoms with Crippen molar-refractivity contribution in [2.24, 2.45) is 0 Å². The lowest BCUT2D eigenvalue weighted by molar-refractivity contribution is -0.134. The summed E-state index contributed by atoms with van der Waals surface area (Å²) in [5, 5.41) is 3.13. The number of methoxy groups -OCH3 is 1. The number of amides is 2. The largest absolute Gasteiger partial charge is 0.497 e. The van der Waals surface area contributed by atoms with Gasteiger partial charge in [-0.2, -0.15) is 0 Å². The van der Waals surface area contributed by atoms with Gasteiger partial charge in [0.2, 0.25) is 0 Å². The molecule has 1 aliphatic heterocycles. The smallest absolute Gasteiger partial charge is 0.348 e. The first kappa shape index (κ1) is 22.4. The van der Waals surface area contributed by atoms with Crippen LogP contribution in [0.25, 0.3) is 0 Å². The van der Waals surface area contributed by atoms with E-state index in [-0.39, 0.29) is 18.3 Å². The van der Waals surface area contributed by atoms with Crippen molar-refractivity contribution in [1.29, 1.82) is 0 Å². The second kappa shape index (κ2) is 10.2. The van der Waals surface area contributed by atoms with Gasteiger partial charge in [0.25, 0.3) is 11.8 Å². The number of ether oxygens (including phenoxy) is 2. The molecule has 3 heterocycles. The van der Waals surface area contributed by atoms with E-state index >= 15 is 0 Å². The first-order chi connectivity index (χ1) is 16.0. The molecule has 33 heavy (non-hydrogen) atoms. The number of hydrogen-bond acceptors (Lipinski definition) is 8. The van der Waals surface area contributed by atoms with E-state index in [0.29, 0.717) is 36.1 Å². The molecule has 0 saturated carbocycles. The summed E-state index contributed by atoms with van der Waals surface area (Å²) in [5.74, 6) is -0.285. The molecule has 10 heteroatoms. The zero-order chi connectivity index (χ0) is 23.2. The van der Waals surface area contributed by atoms with Gasteiger partial charge in [0, 0.05) is 31.9 Å². The number of piperazine rings is 1. The number of nitrogens with zero attached hydrogens (tertiary/aromatic N) is 2. The van der Waals surface area contributed by atoms with Gasteiger partial charge in [0.1, 0.15) is 10.6 Å². The fourth-order valence-electron chi connectivity index (χ4n) is 3.39. The van der Waals surface area contributed by atoms with Gasteiger partial charge in [-0.05, 0) is 48.5 Å². The Kier molecular flexibility index (Phi) is 6.94. The molecule has 0 bridgehead atoms. The van der Waals surface area contributed by atoms with E-state index in [9.17, 15) is 14.4 Å². The highest BCUT2D eigenvalue weighted by atomic mass is 32.1. The number of thiophene rings is 1. The average molecular weight is 470 g/mol. The van der Waals surface area contributed by atoms with Crippen molar-refractivity contribution in [2.75, 3.05) is 50.1 Å². The molecule has 3 aromatic rings. The van der Waals surface area contributed by atoms with Crippen LogP contribution in [0.15, 0.2) is 59.2 Å². The quantitative estimate of drug-likeness (QED) is 0.531. The van der Waals surface area contributed by atoms with E-state index in [0.717, 1.165) is 22.8 Å². The number of carbonyl (C=O) groups is 3. The van der Waals surface area contributed by atoms with E-state index in [1.807, 2.05) is 24.3 Å². The molecule has 0 spiro atoms. The second-order valence-electron chi connectivity index (χ2n) is 7.24. The summed E-state index contributed by atoms with van der Waals surface area (Å²) in [6.07, 6.45) is 1.40.